The number of carboxylic acid groups (broad SMARTS) is 1. The Kier molecular flexibility index (Phi) is 7.24. The van der Waals surface area contributed by atoms with E-state index in [1.165, 1.54) is 17.0 Å². The van der Waals surface area contributed by atoms with Crippen molar-refractivity contribution in [2.75, 3.05) is 21.7 Å². The van der Waals surface area contributed by atoms with Crippen molar-refractivity contribution in [3.63, 3.8) is 0 Å². The highest BCUT2D eigenvalue weighted by atomic mass is 32.2. The molecule has 2 aromatic carbocycles. The number of benzene rings is 2. The van der Waals surface area contributed by atoms with Crippen LogP contribution < -0.4 is 21.4 Å². The maximum atomic E-state index is 12.5. The van der Waals surface area contributed by atoms with Crippen molar-refractivity contribution >= 4 is 52.0 Å². The number of carboxylic acids is 1. The smallest absolute Gasteiger partial charge is 0.335 e. The van der Waals surface area contributed by atoms with E-state index in [2.05, 4.69) is 9.82 Å². The number of carbonyl (C=O) groups is 2. The third kappa shape index (κ3) is 5.26. The molecule has 10 heteroatoms. The van der Waals surface area contributed by atoms with Crippen LogP contribution in [0.4, 0.5) is 11.4 Å². The molecule has 0 amide bonds. The van der Waals surface area contributed by atoms with Crippen LogP contribution in [0, 0.1) is 0 Å². The molecular weight excluding hydrogens is 422 g/mol. The number of thioether (sulfide) groups is 1. The molecule has 158 valence electrons. The number of hydrogen-bond acceptors (Lipinski definition) is 8. The second-order valence-electron chi connectivity index (χ2n) is 6.73. The van der Waals surface area contributed by atoms with Gasteiger partial charge in [-0.2, -0.15) is 5.10 Å². The van der Waals surface area contributed by atoms with E-state index < -0.39 is 5.97 Å². The lowest BCUT2D eigenvalue weighted by atomic mass is 10.0. The lowest BCUT2D eigenvalue weighted by Gasteiger charge is -2.20. The fourth-order valence-corrected chi connectivity index (χ4v) is 4.08. The molecule has 0 aromatic heterocycles. The predicted octanol–water partition coefficient (Wildman–Crippen LogP) is 3.48. The molecule has 1 fully saturated rings. The number of anilines is 2. The van der Waals surface area contributed by atoms with E-state index in [1.54, 1.807) is 30.3 Å². The molecule has 0 aliphatic heterocycles. The average Bonchev–Trinajstić information content (AvgIpc) is 3.59. The normalized spacial score (nSPS) is 13.7. The van der Waals surface area contributed by atoms with Gasteiger partial charge in [-0.1, -0.05) is 23.7 Å². The fraction of sp³-hybridized carbons (Fsp3) is 0.250. The highest BCUT2D eigenvalue weighted by Crippen LogP contribution is 2.43. The molecule has 6 N–H and O–H groups in total. The number of hydrazine groups is 1. The molecule has 0 atom stereocenters. The number of amidine groups is 1. The highest BCUT2D eigenvalue weighted by Gasteiger charge is 2.29. The Hall–Kier alpha value is -2.69. The van der Waals surface area contributed by atoms with E-state index in [0.717, 1.165) is 35.9 Å². The minimum atomic E-state index is -0.960. The van der Waals surface area contributed by atoms with Gasteiger partial charge in [0, 0.05) is 17.5 Å². The summed E-state index contributed by atoms with van der Waals surface area (Å²) in [6.45, 7) is 0. The van der Waals surface area contributed by atoms with Crippen molar-refractivity contribution in [2.45, 2.75) is 18.8 Å². The Morgan fingerprint density at radius 2 is 1.93 bits per heavy atom. The maximum Gasteiger partial charge on any atom is 0.335 e. The number of aromatic carboxylic acids is 1. The molecule has 1 aliphatic carbocycles. The van der Waals surface area contributed by atoms with Gasteiger partial charge < -0.3 is 15.7 Å². The summed E-state index contributed by atoms with van der Waals surface area (Å²) in [4.78, 5) is 24.0. The van der Waals surface area contributed by atoms with Crippen LogP contribution in [-0.4, -0.2) is 34.0 Å². The van der Waals surface area contributed by atoms with Crippen LogP contribution in [-0.2, 0) is 0 Å². The van der Waals surface area contributed by atoms with Gasteiger partial charge in [0.1, 0.15) is 0 Å². The first-order chi connectivity index (χ1) is 14.4. The zero-order valence-corrected chi connectivity index (χ0v) is 18.0. The summed E-state index contributed by atoms with van der Waals surface area (Å²) in [5.41, 5.74) is 3.10. The predicted molar refractivity (Wildman–Crippen MR) is 124 cm³/mol. The summed E-state index contributed by atoms with van der Waals surface area (Å²) in [6.07, 6.45) is 3.84. The fourth-order valence-electron chi connectivity index (χ4n) is 2.96. The molecule has 0 spiro atoms. The Morgan fingerprint density at radius 1 is 1.23 bits per heavy atom. The number of Topliss-reactive ketones (excluding diaryl/α,β-unsaturated/α-hetero) is 1. The molecular formula is C20H23N5O3S2. The minimum absolute atomic E-state index is 0.0786. The van der Waals surface area contributed by atoms with E-state index in [9.17, 15) is 14.7 Å². The van der Waals surface area contributed by atoms with Gasteiger partial charge in [0.2, 0.25) is 5.17 Å². The first-order valence-electron chi connectivity index (χ1n) is 9.19. The van der Waals surface area contributed by atoms with E-state index in [-0.39, 0.29) is 28.2 Å². The molecule has 0 bridgehead atoms. The van der Waals surface area contributed by atoms with Gasteiger partial charge in [-0.25, -0.2) is 10.6 Å². The first-order valence-corrected chi connectivity index (χ1v) is 11.4. The van der Waals surface area contributed by atoms with Crippen molar-refractivity contribution in [1.82, 2.24) is 0 Å². The lowest BCUT2D eigenvalue weighted by Crippen LogP contribution is -2.37. The third-order valence-corrected chi connectivity index (χ3v) is 6.04. The van der Waals surface area contributed by atoms with Crippen molar-refractivity contribution in [1.29, 1.82) is 0 Å². The quantitative estimate of drug-likeness (QED) is 0.120. The Bertz CT molecular complexity index is 961. The van der Waals surface area contributed by atoms with Gasteiger partial charge in [0.25, 0.3) is 0 Å². The van der Waals surface area contributed by atoms with Crippen LogP contribution in [0.1, 0.15) is 45.0 Å². The summed E-state index contributed by atoms with van der Waals surface area (Å²) < 4.78 is 3.10. The van der Waals surface area contributed by atoms with Crippen LogP contribution in [0.3, 0.4) is 0 Å². The van der Waals surface area contributed by atoms with E-state index in [1.807, 2.05) is 18.4 Å². The van der Waals surface area contributed by atoms with Crippen molar-refractivity contribution < 1.29 is 14.7 Å². The lowest BCUT2D eigenvalue weighted by molar-refractivity contribution is 0.0695. The first kappa shape index (κ1) is 22.0. The molecule has 2 aromatic rings. The topological polar surface area (TPSA) is 134 Å². The second kappa shape index (κ2) is 9.88. The van der Waals surface area contributed by atoms with Crippen LogP contribution in [0.25, 0.3) is 0 Å². The van der Waals surface area contributed by atoms with Crippen LogP contribution in [0.5, 0.6) is 0 Å². The van der Waals surface area contributed by atoms with E-state index >= 15 is 0 Å². The summed E-state index contributed by atoms with van der Waals surface area (Å²) in [5, 5.41) is 14.6. The van der Waals surface area contributed by atoms with Crippen LogP contribution in [0.15, 0.2) is 47.6 Å². The zero-order chi connectivity index (χ0) is 21.7. The molecule has 0 unspecified atom stereocenters. The van der Waals surface area contributed by atoms with Gasteiger partial charge in [0.15, 0.2) is 5.78 Å². The SMILES string of the molecule is CSNc1ccc(C(=O)CS/C(=N/N)N(N)c2ccc(C(=O)O)c(C3CC3)c2)cc1. The third-order valence-electron chi connectivity index (χ3n) is 4.64. The van der Waals surface area contributed by atoms with Crippen molar-refractivity contribution in [2.24, 2.45) is 16.8 Å². The largest absolute Gasteiger partial charge is 0.478 e. The average molecular weight is 446 g/mol. The maximum absolute atomic E-state index is 12.5. The van der Waals surface area contributed by atoms with Gasteiger partial charge in [0.05, 0.1) is 17.0 Å². The van der Waals surface area contributed by atoms with Gasteiger partial charge in [-0.3, -0.25) is 9.80 Å². The van der Waals surface area contributed by atoms with E-state index in [4.69, 9.17) is 11.7 Å². The number of carbonyl (C=O) groups excluding carboxylic acids is 1. The number of hydrazone groups is 1. The van der Waals surface area contributed by atoms with Gasteiger partial charge in [-0.15, -0.1) is 0 Å². The summed E-state index contributed by atoms with van der Waals surface area (Å²) >= 11 is 2.60. The minimum Gasteiger partial charge on any atom is -0.478 e. The second-order valence-corrected chi connectivity index (χ2v) is 8.28. The molecule has 0 radical (unpaired) electrons. The molecule has 8 nitrogen and oxygen atoms in total. The molecule has 3 rings (SSSR count). The molecule has 1 saturated carbocycles. The number of rotatable bonds is 8. The summed E-state index contributed by atoms with van der Waals surface area (Å²) in [7, 11) is 0. The summed E-state index contributed by atoms with van der Waals surface area (Å²) in [5.74, 6) is 11.0. The Balaban J connectivity index is 1.68. The van der Waals surface area contributed by atoms with Crippen molar-refractivity contribution in [3.8, 4) is 0 Å². The Labute approximate surface area is 183 Å². The monoisotopic (exact) mass is 445 g/mol. The number of hydrogen-bond donors (Lipinski definition) is 4. The highest BCUT2D eigenvalue weighted by molar-refractivity contribution is 8.14. The molecule has 30 heavy (non-hydrogen) atoms. The number of nitrogens with two attached hydrogens (primary N) is 2. The number of nitrogens with one attached hydrogen (secondary N) is 1. The Morgan fingerprint density at radius 3 is 2.50 bits per heavy atom. The number of nitrogens with zero attached hydrogens (tertiary/aromatic N) is 2. The van der Waals surface area contributed by atoms with Crippen LogP contribution in [0.2, 0.25) is 0 Å². The summed E-state index contributed by atoms with van der Waals surface area (Å²) in [6, 6.07) is 12.1. The van der Waals surface area contributed by atoms with Crippen LogP contribution >= 0.6 is 23.7 Å². The van der Waals surface area contributed by atoms with Gasteiger partial charge >= 0.3 is 5.97 Å². The number of ketones is 1. The molecule has 0 heterocycles. The van der Waals surface area contributed by atoms with Gasteiger partial charge in [-0.05, 0) is 66.8 Å². The van der Waals surface area contributed by atoms with E-state index in [0.29, 0.717) is 11.3 Å². The standard InChI is InChI=1S/C20H23N5O3S2/c1-29-24-14-6-4-13(5-7-14)18(26)11-30-20(23-21)25(22)15-8-9-16(19(27)28)17(10-15)12-2-3-12/h4-10,12,24H,2-3,11,21-22H2,1H3,(H,27,28)/b23-20+. The molecule has 1 aliphatic rings. The molecule has 0 saturated heterocycles. The zero-order valence-electron chi connectivity index (χ0n) is 16.4. The van der Waals surface area contributed by atoms with Crippen molar-refractivity contribution in [3.05, 3.63) is 59.2 Å².